The van der Waals surface area contributed by atoms with E-state index in [0.717, 1.165) is 16.8 Å². The Morgan fingerprint density at radius 2 is 1.62 bits per heavy atom. The van der Waals surface area contributed by atoms with Gasteiger partial charge in [0.15, 0.2) is 0 Å². The smallest absolute Gasteiger partial charge is 0.0708 e. The van der Waals surface area contributed by atoms with Crippen LogP contribution < -0.4 is 0 Å². The van der Waals surface area contributed by atoms with Crippen LogP contribution in [0.15, 0.2) is 72.9 Å². The Balaban J connectivity index is 2.10. The van der Waals surface area contributed by atoms with Crippen molar-refractivity contribution in [2.45, 2.75) is 19.6 Å². The van der Waals surface area contributed by atoms with E-state index in [2.05, 4.69) is 4.98 Å². The van der Waals surface area contributed by atoms with Gasteiger partial charge in [-0.1, -0.05) is 68.3 Å². The standard InChI is InChI=1S/C20H19N/c1-15(2)17-9-6-10-18(13-17)19-11-12-21-20(14-19)16-7-4-3-5-8-16/h3-15H,1-2H3/i1D3,2D3,15D. The molecule has 0 aliphatic rings. The lowest BCUT2D eigenvalue weighted by molar-refractivity contribution is 0.867. The second-order valence-corrected chi connectivity index (χ2v) is 4.75. The molecule has 2 aromatic carbocycles. The van der Waals surface area contributed by atoms with Gasteiger partial charge in [0.1, 0.15) is 0 Å². The molecule has 104 valence electrons. The van der Waals surface area contributed by atoms with Crippen LogP contribution in [0.1, 0.15) is 34.8 Å². The second kappa shape index (κ2) is 5.92. The molecule has 0 N–H and O–H groups in total. The third-order valence-electron chi connectivity index (χ3n) is 3.31. The molecule has 1 heterocycles. The summed E-state index contributed by atoms with van der Waals surface area (Å²) in [5.74, 6) is -2.72. The van der Waals surface area contributed by atoms with Crippen molar-refractivity contribution in [3.63, 3.8) is 0 Å². The minimum Gasteiger partial charge on any atom is -0.256 e. The highest BCUT2D eigenvalue weighted by Crippen LogP contribution is 2.26. The van der Waals surface area contributed by atoms with Crippen LogP contribution in [0.4, 0.5) is 0 Å². The molecule has 21 heavy (non-hydrogen) atoms. The molecular weight excluding hydrogens is 254 g/mol. The van der Waals surface area contributed by atoms with Crippen LogP contribution in [0.3, 0.4) is 0 Å². The van der Waals surface area contributed by atoms with Crippen LogP contribution in [0.25, 0.3) is 22.4 Å². The molecule has 1 aromatic heterocycles. The van der Waals surface area contributed by atoms with Crippen molar-refractivity contribution in [2.24, 2.45) is 0 Å². The number of aromatic nitrogens is 1. The van der Waals surface area contributed by atoms with Crippen LogP contribution in [-0.2, 0) is 0 Å². The van der Waals surface area contributed by atoms with Crippen molar-refractivity contribution in [2.75, 3.05) is 0 Å². The monoisotopic (exact) mass is 280 g/mol. The third-order valence-corrected chi connectivity index (χ3v) is 3.31. The van der Waals surface area contributed by atoms with Crippen molar-refractivity contribution in [3.8, 4) is 22.4 Å². The number of rotatable bonds is 3. The average Bonchev–Trinajstić information content (AvgIpc) is 2.66. The first-order chi connectivity index (χ1) is 13.0. The van der Waals surface area contributed by atoms with E-state index in [9.17, 15) is 0 Å². The molecule has 3 rings (SSSR count). The number of nitrogens with zero attached hydrogens (tertiary/aromatic N) is 1. The minimum absolute atomic E-state index is 0.0666. The Bertz CT molecular complexity index is 948. The van der Waals surface area contributed by atoms with Crippen LogP contribution in [0.5, 0.6) is 0 Å². The summed E-state index contributed by atoms with van der Waals surface area (Å²) in [5.41, 5.74) is 2.99. The maximum absolute atomic E-state index is 8.36. The van der Waals surface area contributed by atoms with Gasteiger partial charge in [0, 0.05) is 21.4 Å². The van der Waals surface area contributed by atoms with E-state index in [1.54, 1.807) is 24.4 Å². The predicted molar refractivity (Wildman–Crippen MR) is 89.2 cm³/mol. The fourth-order valence-corrected chi connectivity index (χ4v) is 2.23. The SMILES string of the molecule is [2H]C([2H])([2H])C([2H])(c1cccc(-c2ccnc(-c3ccccc3)c2)c1)C([2H])([2H])[2H]. The Hall–Kier alpha value is -2.41. The van der Waals surface area contributed by atoms with Gasteiger partial charge < -0.3 is 0 Å². The summed E-state index contributed by atoms with van der Waals surface area (Å²) >= 11 is 0. The second-order valence-electron chi connectivity index (χ2n) is 4.75. The molecule has 0 amide bonds. The van der Waals surface area contributed by atoms with E-state index >= 15 is 0 Å². The van der Waals surface area contributed by atoms with Crippen LogP contribution >= 0.6 is 0 Å². The van der Waals surface area contributed by atoms with Gasteiger partial charge >= 0.3 is 0 Å². The summed E-state index contributed by atoms with van der Waals surface area (Å²) in [5, 5.41) is 0. The number of pyridine rings is 1. The summed E-state index contributed by atoms with van der Waals surface area (Å²) in [4.78, 5) is 4.37. The number of benzene rings is 2. The number of hydrogen-bond acceptors (Lipinski definition) is 1. The third kappa shape index (κ3) is 3.03. The fraction of sp³-hybridized carbons (Fsp3) is 0.150. The minimum atomic E-state index is -3.01. The summed E-state index contributed by atoms with van der Waals surface area (Å²) in [7, 11) is 0. The first-order valence-electron chi connectivity index (χ1n) is 10.2. The van der Waals surface area contributed by atoms with Crippen LogP contribution in [0, 0.1) is 0 Å². The van der Waals surface area contributed by atoms with Gasteiger partial charge in [-0.05, 0) is 34.7 Å². The molecule has 0 bridgehead atoms. The highest BCUT2D eigenvalue weighted by molar-refractivity contribution is 5.70. The Labute approximate surface area is 136 Å². The lowest BCUT2D eigenvalue weighted by Gasteiger charge is -2.09. The van der Waals surface area contributed by atoms with E-state index in [-0.39, 0.29) is 5.56 Å². The first kappa shape index (κ1) is 7.56. The Morgan fingerprint density at radius 1 is 0.857 bits per heavy atom. The quantitative estimate of drug-likeness (QED) is 0.614. The highest BCUT2D eigenvalue weighted by atomic mass is 14.7. The van der Waals surface area contributed by atoms with Gasteiger partial charge in [0.2, 0.25) is 0 Å². The van der Waals surface area contributed by atoms with E-state index in [1.165, 1.54) is 12.1 Å². The van der Waals surface area contributed by atoms with Gasteiger partial charge in [0.25, 0.3) is 0 Å². The molecule has 0 unspecified atom stereocenters. The zero-order valence-corrected chi connectivity index (χ0v) is 11.4. The van der Waals surface area contributed by atoms with E-state index < -0.39 is 19.6 Å². The van der Waals surface area contributed by atoms with Crippen LogP contribution in [-0.4, -0.2) is 4.98 Å². The first-order valence-corrected chi connectivity index (χ1v) is 6.66. The van der Waals surface area contributed by atoms with Gasteiger partial charge in [-0.25, -0.2) is 0 Å². The van der Waals surface area contributed by atoms with Gasteiger partial charge in [-0.3, -0.25) is 4.98 Å². The molecule has 0 saturated heterocycles. The van der Waals surface area contributed by atoms with Crippen LogP contribution in [0.2, 0.25) is 0 Å². The molecule has 3 aromatic rings. The molecule has 0 spiro atoms. The van der Waals surface area contributed by atoms with E-state index in [4.69, 9.17) is 9.60 Å². The predicted octanol–water partition coefficient (Wildman–Crippen LogP) is 5.54. The van der Waals surface area contributed by atoms with Crippen molar-refractivity contribution >= 4 is 0 Å². The van der Waals surface area contributed by atoms with Crippen molar-refractivity contribution in [3.05, 3.63) is 78.5 Å². The van der Waals surface area contributed by atoms with Crippen molar-refractivity contribution in [1.82, 2.24) is 4.98 Å². The molecule has 0 aliphatic carbocycles. The summed E-state index contributed by atoms with van der Waals surface area (Å²) in [6, 6.07) is 19.4. The highest BCUT2D eigenvalue weighted by Gasteiger charge is 2.05. The molecule has 0 saturated carbocycles. The van der Waals surface area contributed by atoms with Gasteiger partial charge in [-0.2, -0.15) is 0 Å². The van der Waals surface area contributed by atoms with Gasteiger partial charge in [0.05, 0.1) is 5.69 Å². The topological polar surface area (TPSA) is 12.9 Å². The fourth-order valence-electron chi connectivity index (χ4n) is 2.23. The molecule has 0 radical (unpaired) electrons. The zero-order valence-electron chi connectivity index (χ0n) is 18.4. The molecule has 0 atom stereocenters. The number of hydrogen-bond donors (Lipinski definition) is 0. The maximum atomic E-state index is 8.36. The summed E-state index contributed by atoms with van der Waals surface area (Å²) < 4.78 is 54.4. The summed E-state index contributed by atoms with van der Waals surface area (Å²) in [6.07, 6.45) is 1.64. The molecule has 0 aliphatic heterocycles. The molecule has 1 heteroatoms. The lowest BCUT2D eigenvalue weighted by atomic mass is 9.97. The largest absolute Gasteiger partial charge is 0.256 e. The zero-order chi connectivity index (χ0) is 20.6. The van der Waals surface area contributed by atoms with Crippen molar-refractivity contribution < 1.29 is 9.60 Å². The van der Waals surface area contributed by atoms with Crippen molar-refractivity contribution in [1.29, 1.82) is 0 Å². The molecule has 1 nitrogen and oxygen atoms in total. The molecule has 0 fully saturated rings. The maximum Gasteiger partial charge on any atom is 0.0708 e. The Morgan fingerprint density at radius 3 is 2.43 bits per heavy atom. The normalized spacial score (nSPS) is 17.4. The lowest BCUT2D eigenvalue weighted by Crippen LogP contribution is -1.89. The average molecular weight is 280 g/mol. The van der Waals surface area contributed by atoms with E-state index in [1.807, 2.05) is 36.4 Å². The van der Waals surface area contributed by atoms with E-state index in [0.29, 0.717) is 5.56 Å². The summed E-state index contributed by atoms with van der Waals surface area (Å²) in [6.45, 7) is -6.02. The van der Waals surface area contributed by atoms with Gasteiger partial charge in [-0.15, -0.1) is 0 Å². The Kier molecular flexibility index (Phi) is 2.13. The molecular formula is C20H19N.